The topological polar surface area (TPSA) is 50.4 Å². The number of carbonyl (C=O) groups excluding carboxylic acids is 1. The number of ether oxygens (including phenoxy) is 1. The molecule has 0 saturated carbocycles. The number of hydrogen-bond acceptors (Lipinski definition) is 3. The highest BCUT2D eigenvalue weighted by atomic mass is 16.5. The summed E-state index contributed by atoms with van der Waals surface area (Å²) in [5, 5.41) is 6.21. The van der Waals surface area contributed by atoms with Crippen molar-refractivity contribution >= 4 is 11.6 Å². The fourth-order valence-electron chi connectivity index (χ4n) is 2.16. The van der Waals surface area contributed by atoms with Gasteiger partial charge in [0, 0.05) is 6.54 Å². The quantitative estimate of drug-likeness (QED) is 0.857. The Bertz CT molecular complexity index is 401. The molecule has 4 nitrogen and oxygen atoms in total. The van der Waals surface area contributed by atoms with Crippen LogP contribution in [0.3, 0.4) is 0 Å². The number of rotatable bonds is 4. The number of para-hydroxylation sites is 2. The van der Waals surface area contributed by atoms with E-state index in [9.17, 15) is 4.79 Å². The lowest BCUT2D eigenvalue weighted by atomic mass is 9.99. The van der Waals surface area contributed by atoms with Crippen LogP contribution in [0.4, 0.5) is 5.69 Å². The van der Waals surface area contributed by atoms with Gasteiger partial charge in [0.15, 0.2) is 0 Å². The van der Waals surface area contributed by atoms with Crippen molar-refractivity contribution in [2.45, 2.75) is 19.8 Å². The zero-order valence-corrected chi connectivity index (χ0v) is 10.7. The van der Waals surface area contributed by atoms with Crippen molar-refractivity contribution in [1.82, 2.24) is 5.32 Å². The van der Waals surface area contributed by atoms with Crippen molar-refractivity contribution < 1.29 is 9.53 Å². The van der Waals surface area contributed by atoms with E-state index < -0.39 is 0 Å². The molecule has 1 amide bonds. The van der Waals surface area contributed by atoms with E-state index in [2.05, 4.69) is 10.6 Å². The Morgan fingerprint density at radius 2 is 2.33 bits per heavy atom. The molecule has 0 radical (unpaired) electrons. The maximum atomic E-state index is 12.1. The van der Waals surface area contributed by atoms with Crippen LogP contribution in [0.1, 0.15) is 19.8 Å². The van der Waals surface area contributed by atoms with E-state index in [4.69, 9.17) is 4.74 Å². The summed E-state index contributed by atoms with van der Waals surface area (Å²) in [4.78, 5) is 12.1. The van der Waals surface area contributed by atoms with Gasteiger partial charge in [0.2, 0.25) is 5.91 Å². The summed E-state index contributed by atoms with van der Waals surface area (Å²) < 4.78 is 5.49. The summed E-state index contributed by atoms with van der Waals surface area (Å²) in [6, 6.07) is 7.55. The van der Waals surface area contributed by atoms with Gasteiger partial charge in [-0.05, 0) is 38.4 Å². The number of benzene rings is 1. The Morgan fingerprint density at radius 3 is 3.06 bits per heavy atom. The summed E-state index contributed by atoms with van der Waals surface area (Å²) in [6.45, 7) is 4.31. The van der Waals surface area contributed by atoms with Gasteiger partial charge < -0.3 is 15.4 Å². The lowest BCUT2D eigenvalue weighted by Crippen LogP contribution is -2.37. The number of anilines is 1. The minimum atomic E-state index is 0.0634. The monoisotopic (exact) mass is 248 g/mol. The average molecular weight is 248 g/mol. The number of piperidine rings is 1. The molecule has 0 bridgehead atoms. The summed E-state index contributed by atoms with van der Waals surface area (Å²) >= 11 is 0. The minimum absolute atomic E-state index is 0.0634. The molecule has 1 aromatic carbocycles. The number of nitrogens with one attached hydrogen (secondary N) is 2. The zero-order valence-electron chi connectivity index (χ0n) is 10.7. The first kappa shape index (κ1) is 12.9. The summed E-state index contributed by atoms with van der Waals surface area (Å²) in [5.74, 6) is 0.875. The lowest BCUT2D eigenvalue weighted by molar-refractivity contribution is -0.120. The van der Waals surface area contributed by atoms with Gasteiger partial charge in [-0.25, -0.2) is 0 Å². The fraction of sp³-hybridized carbons (Fsp3) is 0.500. The predicted octanol–water partition coefficient (Wildman–Crippen LogP) is 2.02. The molecule has 2 rings (SSSR count). The van der Waals surface area contributed by atoms with Gasteiger partial charge in [-0.2, -0.15) is 0 Å². The van der Waals surface area contributed by atoms with Gasteiger partial charge in [0.25, 0.3) is 0 Å². The molecule has 2 N–H and O–H groups in total. The van der Waals surface area contributed by atoms with Crippen LogP contribution < -0.4 is 15.4 Å². The van der Waals surface area contributed by atoms with Crippen molar-refractivity contribution in [2.75, 3.05) is 25.0 Å². The first-order chi connectivity index (χ1) is 8.81. The third kappa shape index (κ3) is 3.23. The van der Waals surface area contributed by atoms with Gasteiger partial charge >= 0.3 is 0 Å². The van der Waals surface area contributed by atoms with Crippen molar-refractivity contribution in [3.63, 3.8) is 0 Å². The number of amides is 1. The second-order valence-corrected chi connectivity index (χ2v) is 4.46. The molecule has 18 heavy (non-hydrogen) atoms. The first-order valence-electron chi connectivity index (χ1n) is 6.54. The van der Waals surface area contributed by atoms with E-state index in [0.29, 0.717) is 6.61 Å². The highest BCUT2D eigenvalue weighted by molar-refractivity contribution is 5.94. The van der Waals surface area contributed by atoms with Gasteiger partial charge in [0.05, 0.1) is 18.2 Å². The standard InChI is InChI=1S/C14H20N2O2/c1-2-18-13-8-4-3-7-12(13)16-14(17)11-6-5-9-15-10-11/h3-4,7-8,11,15H,2,5-6,9-10H2,1H3,(H,16,17)/t11-/m1/s1. The normalized spacial score (nSPS) is 19.3. The van der Waals surface area contributed by atoms with Crippen LogP contribution in [0.15, 0.2) is 24.3 Å². The summed E-state index contributed by atoms with van der Waals surface area (Å²) in [7, 11) is 0. The predicted molar refractivity (Wildman–Crippen MR) is 71.8 cm³/mol. The highest BCUT2D eigenvalue weighted by Gasteiger charge is 2.21. The van der Waals surface area contributed by atoms with Crippen LogP contribution in [0, 0.1) is 5.92 Å². The lowest BCUT2D eigenvalue weighted by Gasteiger charge is -2.22. The van der Waals surface area contributed by atoms with Crippen LogP contribution in [0.25, 0.3) is 0 Å². The molecule has 1 aliphatic rings. The van der Waals surface area contributed by atoms with E-state index in [0.717, 1.165) is 37.4 Å². The van der Waals surface area contributed by atoms with E-state index in [1.54, 1.807) is 0 Å². The number of hydrogen-bond donors (Lipinski definition) is 2. The Balaban J connectivity index is 2.01. The first-order valence-corrected chi connectivity index (χ1v) is 6.54. The van der Waals surface area contributed by atoms with Gasteiger partial charge in [0.1, 0.15) is 5.75 Å². The molecular weight excluding hydrogens is 228 g/mol. The maximum absolute atomic E-state index is 12.1. The third-order valence-electron chi connectivity index (χ3n) is 3.11. The molecule has 1 aliphatic heterocycles. The van der Waals surface area contributed by atoms with E-state index in [1.807, 2.05) is 31.2 Å². The molecule has 0 aromatic heterocycles. The molecule has 1 aromatic rings. The molecule has 0 spiro atoms. The molecule has 1 fully saturated rings. The van der Waals surface area contributed by atoms with Gasteiger partial charge in [-0.1, -0.05) is 12.1 Å². The van der Waals surface area contributed by atoms with E-state index in [-0.39, 0.29) is 11.8 Å². The summed E-state index contributed by atoms with van der Waals surface area (Å²) in [6.07, 6.45) is 2.01. The van der Waals surface area contributed by atoms with Gasteiger partial charge in [-0.15, -0.1) is 0 Å². The Labute approximate surface area is 108 Å². The Morgan fingerprint density at radius 1 is 1.50 bits per heavy atom. The van der Waals surface area contributed by atoms with Crippen molar-refractivity contribution in [2.24, 2.45) is 5.92 Å². The molecule has 4 heteroatoms. The maximum Gasteiger partial charge on any atom is 0.228 e. The number of carbonyl (C=O) groups is 1. The SMILES string of the molecule is CCOc1ccccc1NC(=O)[C@@H]1CCCNC1. The second kappa shape index (κ2) is 6.40. The second-order valence-electron chi connectivity index (χ2n) is 4.46. The zero-order chi connectivity index (χ0) is 12.8. The van der Waals surface area contributed by atoms with Crippen LogP contribution >= 0.6 is 0 Å². The molecular formula is C14H20N2O2. The molecule has 0 unspecified atom stereocenters. The highest BCUT2D eigenvalue weighted by Crippen LogP contribution is 2.24. The van der Waals surface area contributed by atoms with Crippen molar-refractivity contribution in [3.05, 3.63) is 24.3 Å². The molecule has 1 saturated heterocycles. The molecule has 1 atom stereocenters. The van der Waals surface area contributed by atoms with Crippen molar-refractivity contribution in [3.8, 4) is 5.75 Å². The van der Waals surface area contributed by atoms with Crippen molar-refractivity contribution in [1.29, 1.82) is 0 Å². The average Bonchev–Trinajstić information content (AvgIpc) is 2.42. The molecule has 0 aliphatic carbocycles. The van der Waals surface area contributed by atoms with Crippen LogP contribution in [-0.4, -0.2) is 25.6 Å². The van der Waals surface area contributed by atoms with Gasteiger partial charge in [-0.3, -0.25) is 4.79 Å². The van der Waals surface area contributed by atoms with Crippen LogP contribution in [-0.2, 0) is 4.79 Å². The Hall–Kier alpha value is -1.55. The largest absolute Gasteiger partial charge is 0.492 e. The molecule has 98 valence electrons. The fourth-order valence-corrected chi connectivity index (χ4v) is 2.16. The summed E-state index contributed by atoms with van der Waals surface area (Å²) in [5.41, 5.74) is 0.759. The Kier molecular flexibility index (Phi) is 4.59. The van der Waals surface area contributed by atoms with Crippen LogP contribution in [0.2, 0.25) is 0 Å². The smallest absolute Gasteiger partial charge is 0.228 e. The van der Waals surface area contributed by atoms with Crippen LogP contribution in [0.5, 0.6) is 5.75 Å². The van der Waals surface area contributed by atoms with E-state index in [1.165, 1.54) is 0 Å². The third-order valence-corrected chi connectivity index (χ3v) is 3.11. The minimum Gasteiger partial charge on any atom is -0.492 e. The van der Waals surface area contributed by atoms with E-state index >= 15 is 0 Å². The molecule has 1 heterocycles.